The minimum atomic E-state index is -1.80. The number of hydrogen-bond donors (Lipinski definition) is 10. The Hall–Kier alpha value is -7.09. The van der Waals surface area contributed by atoms with Crippen LogP contribution in [0, 0.1) is 5.92 Å². The second kappa shape index (κ2) is 26.9. The fourth-order valence-corrected chi connectivity index (χ4v) is 8.34. The van der Waals surface area contributed by atoms with Crippen molar-refractivity contribution >= 4 is 71.8 Å². The number of rotatable bonds is 26. The first-order chi connectivity index (χ1) is 32.5. The van der Waals surface area contributed by atoms with Crippen LogP contribution in [0.25, 0.3) is 0 Å². The number of thiol groups is 1. The molecule has 68 heavy (non-hydrogen) atoms. The maximum absolute atomic E-state index is 15.0. The number of hydrogen-bond acceptors (Lipinski definition) is 11. The van der Waals surface area contributed by atoms with Crippen molar-refractivity contribution in [3.8, 4) is 0 Å². The molecule has 6 atom stereocenters. The first-order valence-electron chi connectivity index (χ1n) is 22.2. The molecule has 0 radical (unpaired) electrons. The number of aliphatic carboxylic acids is 3. The van der Waals surface area contributed by atoms with E-state index in [1.54, 1.807) is 91.0 Å². The number of benzene rings is 3. The Morgan fingerprint density at radius 3 is 1.56 bits per heavy atom. The molecule has 1 aliphatic carbocycles. The third-order valence-corrected chi connectivity index (χ3v) is 11.8. The van der Waals surface area contributed by atoms with Crippen LogP contribution in [0.4, 0.5) is 0 Å². The summed E-state index contributed by atoms with van der Waals surface area (Å²) < 4.78 is 0. The molecule has 0 bridgehead atoms. The Balaban J connectivity index is 1.77. The average molecular weight is 959 g/mol. The fraction of sp³-hybridized carbons (Fsp3) is 0.417. The highest BCUT2D eigenvalue weighted by Gasteiger charge is 2.39. The lowest BCUT2D eigenvalue weighted by atomic mass is 9.84. The standard InChI is InChI=1S/C48H58N6O13S/c1-28(55)49-36(26-39(58)59)45(63)52-35(25-30-16-8-3-9-17-30)46(64)54-41(40(31-18-10-4-11-19-31)32-20-12-5-13-21-32)47(65)50-33(22-23-38(56)57)43(61)51-34(24-29-14-6-2-7-15-29)44(62)53-37(27-68)42(60)48(66)67/h3-5,8-13,16-21,29,33-37,40-41,68H,2,6-7,14-15,22-27H2,1H3,(H,49,55)(H,50,65)(H,51,61)(H,52,63)(H,53,62)(H,54,64)(H,56,57)(H,58,59)(H,66,67)/t33-,34-,35+,36-,37-,41-/m0/s1. The van der Waals surface area contributed by atoms with Crippen molar-refractivity contribution in [2.24, 2.45) is 5.92 Å². The third-order valence-electron chi connectivity index (χ3n) is 11.5. The van der Waals surface area contributed by atoms with Gasteiger partial charge in [-0.1, -0.05) is 123 Å². The van der Waals surface area contributed by atoms with Crippen LogP contribution in [-0.2, 0) is 54.4 Å². The number of carbonyl (C=O) groups is 10. The van der Waals surface area contributed by atoms with Gasteiger partial charge in [-0.15, -0.1) is 0 Å². The lowest BCUT2D eigenvalue weighted by Gasteiger charge is -2.32. The highest BCUT2D eigenvalue weighted by Crippen LogP contribution is 2.30. The van der Waals surface area contributed by atoms with E-state index >= 15 is 4.79 Å². The van der Waals surface area contributed by atoms with Crippen molar-refractivity contribution in [2.75, 3.05) is 5.75 Å². The van der Waals surface area contributed by atoms with Crippen LogP contribution >= 0.6 is 12.6 Å². The summed E-state index contributed by atoms with van der Waals surface area (Å²) in [7, 11) is 0. The molecule has 3 aromatic rings. The zero-order valence-corrected chi connectivity index (χ0v) is 38.3. The Morgan fingerprint density at radius 1 is 0.559 bits per heavy atom. The topological polar surface area (TPSA) is 304 Å². The molecule has 364 valence electrons. The van der Waals surface area contributed by atoms with E-state index in [9.17, 15) is 58.5 Å². The zero-order valence-electron chi connectivity index (χ0n) is 37.4. The fourth-order valence-electron chi connectivity index (χ4n) is 8.09. The van der Waals surface area contributed by atoms with Gasteiger partial charge >= 0.3 is 17.9 Å². The summed E-state index contributed by atoms with van der Waals surface area (Å²) in [6, 6.07) is 16.3. The van der Waals surface area contributed by atoms with Gasteiger partial charge in [-0.25, -0.2) is 4.79 Å². The predicted octanol–water partition coefficient (Wildman–Crippen LogP) is 1.88. The summed E-state index contributed by atoms with van der Waals surface area (Å²) >= 11 is 4.03. The van der Waals surface area contributed by atoms with Crippen LogP contribution in [-0.4, -0.2) is 116 Å². The molecule has 6 amide bonds. The number of carboxylic acid groups (broad SMARTS) is 3. The van der Waals surface area contributed by atoms with Crippen LogP contribution in [0.3, 0.4) is 0 Å². The molecule has 3 aromatic carbocycles. The van der Waals surface area contributed by atoms with Gasteiger partial charge in [-0.2, -0.15) is 12.6 Å². The van der Waals surface area contributed by atoms with Crippen molar-refractivity contribution < 1.29 is 63.3 Å². The normalized spacial score (nSPS) is 15.2. The second-order valence-corrected chi connectivity index (χ2v) is 17.0. The summed E-state index contributed by atoms with van der Waals surface area (Å²) in [6.45, 7) is 1.09. The van der Waals surface area contributed by atoms with Crippen molar-refractivity contribution in [3.63, 3.8) is 0 Å². The summed E-state index contributed by atoms with van der Waals surface area (Å²) in [5.41, 5.74) is 1.58. The molecule has 4 rings (SSSR count). The highest BCUT2D eigenvalue weighted by molar-refractivity contribution is 7.80. The van der Waals surface area contributed by atoms with E-state index in [-0.39, 0.29) is 24.5 Å². The first-order valence-corrected chi connectivity index (χ1v) is 22.8. The molecular formula is C48H58N6O13S. The third kappa shape index (κ3) is 17.0. The average Bonchev–Trinajstić information content (AvgIpc) is 3.31. The molecule has 0 aliphatic heterocycles. The van der Waals surface area contributed by atoms with Crippen LogP contribution in [0.2, 0.25) is 0 Å². The van der Waals surface area contributed by atoms with Crippen molar-refractivity contribution in [1.82, 2.24) is 31.9 Å². The number of ketones is 1. The van der Waals surface area contributed by atoms with Gasteiger partial charge in [0.2, 0.25) is 35.4 Å². The molecule has 0 saturated heterocycles. The lowest BCUT2D eigenvalue weighted by Crippen LogP contribution is -2.61. The largest absolute Gasteiger partial charge is 0.481 e. The number of carboxylic acids is 3. The number of Topliss-reactive ketones (excluding diaryl/α,β-unsaturated/α-hetero) is 1. The predicted molar refractivity (Wildman–Crippen MR) is 249 cm³/mol. The number of amides is 6. The Morgan fingerprint density at radius 2 is 1.04 bits per heavy atom. The summed E-state index contributed by atoms with van der Waals surface area (Å²) in [5.74, 6) is -12.8. The van der Waals surface area contributed by atoms with E-state index < -0.39 is 121 Å². The monoisotopic (exact) mass is 958 g/mol. The van der Waals surface area contributed by atoms with E-state index in [1.165, 1.54) is 0 Å². The van der Waals surface area contributed by atoms with Crippen LogP contribution < -0.4 is 31.9 Å². The SMILES string of the molecule is CC(=O)N[C@@H](CC(=O)O)C(=O)N[C@H](Cc1ccccc1)C(=O)N[C@H](C(=O)N[C@@H](CCC(=O)O)C(=O)N[C@@H](CC1CCCCC1)C(=O)N[C@@H](CS)C(=O)C(=O)O)C(c1ccccc1)c1ccccc1. The van der Waals surface area contributed by atoms with Gasteiger partial charge in [0.15, 0.2) is 0 Å². The Bertz CT molecular complexity index is 2190. The summed E-state index contributed by atoms with van der Waals surface area (Å²) in [4.78, 5) is 131. The molecule has 1 aliphatic rings. The lowest BCUT2D eigenvalue weighted by molar-refractivity contribution is -0.150. The Kier molecular flexibility index (Phi) is 21.2. The van der Waals surface area contributed by atoms with Gasteiger partial charge in [0.05, 0.1) is 6.42 Å². The van der Waals surface area contributed by atoms with E-state index in [0.717, 1.165) is 26.2 Å². The van der Waals surface area contributed by atoms with Crippen LogP contribution in [0.5, 0.6) is 0 Å². The second-order valence-electron chi connectivity index (χ2n) is 16.6. The van der Waals surface area contributed by atoms with Gasteiger partial charge in [-0.3, -0.25) is 43.2 Å². The van der Waals surface area contributed by atoms with Gasteiger partial charge in [0, 0.05) is 31.4 Å². The molecular weight excluding hydrogens is 901 g/mol. The maximum Gasteiger partial charge on any atom is 0.374 e. The summed E-state index contributed by atoms with van der Waals surface area (Å²) in [6.07, 6.45) is 2.04. The molecule has 0 unspecified atom stereocenters. The molecule has 0 spiro atoms. The van der Waals surface area contributed by atoms with E-state index in [1.807, 2.05) is 0 Å². The highest BCUT2D eigenvalue weighted by atomic mass is 32.1. The van der Waals surface area contributed by atoms with Gasteiger partial charge in [0.25, 0.3) is 5.78 Å². The van der Waals surface area contributed by atoms with Crippen LogP contribution in [0.15, 0.2) is 91.0 Å². The van der Waals surface area contributed by atoms with Crippen LogP contribution in [0.1, 0.15) is 87.3 Å². The van der Waals surface area contributed by atoms with Crippen molar-refractivity contribution in [2.45, 2.75) is 113 Å². The molecule has 20 heteroatoms. The Labute approximate surface area is 398 Å². The van der Waals surface area contributed by atoms with Crippen molar-refractivity contribution in [1.29, 1.82) is 0 Å². The van der Waals surface area contributed by atoms with Gasteiger partial charge in [0.1, 0.15) is 36.3 Å². The van der Waals surface area contributed by atoms with Crippen molar-refractivity contribution in [3.05, 3.63) is 108 Å². The smallest absolute Gasteiger partial charge is 0.374 e. The van der Waals surface area contributed by atoms with E-state index in [4.69, 9.17) is 0 Å². The molecule has 1 fully saturated rings. The zero-order chi connectivity index (χ0) is 49.8. The maximum atomic E-state index is 15.0. The summed E-state index contributed by atoms with van der Waals surface area (Å²) in [5, 5.41) is 43.8. The van der Waals surface area contributed by atoms with Gasteiger partial charge < -0.3 is 47.2 Å². The minimum Gasteiger partial charge on any atom is -0.481 e. The molecule has 0 heterocycles. The molecule has 9 N–H and O–H groups in total. The number of nitrogens with one attached hydrogen (secondary N) is 6. The molecule has 0 aromatic heterocycles. The first kappa shape index (κ1) is 53.5. The van der Waals surface area contributed by atoms with Gasteiger partial charge in [-0.05, 0) is 35.4 Å². The minimum absolute atomic E-state index is 0.0597. The molecule has 1 saturated carbocycles. The van der Waals surface area contributed by atoms with E-state index in [0.29, 0.717) is 29.5 Å². The molecule has 19 nitrogen and oxygen atoms in total. The quantitative estimate of drug-likeness (QED) is 0.0407. The number of carbonyl (C=O) groups excluding carboxylic acids is 7. The van der Waals surface area contributed by atoms with E-state index in [2.05, 4.69) is 44.5 Å².